The van der Waals surface area contributed by atoms with Crippen molar-refractivity contribution in [1.29, 1.82) is 0 Å². The van der Waals surface area contributed by atoms with E-state index in [1.54, 1.807) is 0 Å². The summed E-state index contributed by atoms with van der Waals surface area (Å²) < 4.78 is 35.3. The summed E-state index contributed by atoms with van der Waals surface area (Å²) in [6.45, 7) is 11.0. The molecule has 1 aliphatic heterocycles. The van der Waals surface area contributed by atoms with Gasteiger partial charge in [-0.15, -0.1) is 0 Å². The van der Waals surface area contributed by atoms with E-state index in [2.05, 4.69) is 71.0 Å². The van der Waals surface area contributed by atoms with Gasteiger partial charge in [0.2, 0.25) is 0 Å². The number of aryl methyl sites for hydroxylation is 2. The summed E-state index contributed by atoms with van der Waals surface area (Å²) in [6, 6.07) is 12.6. The van der Waals surface area contributed by atoms with Gasteiger partial charge < -0.3 is 9.47 Å². The smallest absolute Gasteiger partial charge is 0.150 e. The Labute approximate surface area is 175 Å². The van der Waals surface area contributed by atoms with Crippen LogP contribution < -0.4 is 4.74 Å². The minimum atomic E-state index is -2.88. The van der Waals surface area contributed by atoms with Crippen LogP contribution in [0.2, 0.25) is 0 Å². The van der Waals surface area contributed by atoms with Gasteiger partial charge >= 0.3 is 0 Å². The van der Waals surface area contributed by atoms with Gasteiger partial charge in [0.1, 0.15) is 11.9 Å². The van der Waals surface area contributed by atoms with E-state index in [1.807, 2.05) is 0 Å². The van der Waals surface area contributed by atoms with Crippen molar-refractivity contribution in [1.82, 2.24) is 0 Å². The molecule has 1 saturated heterocycles. The van der Waals surface area contributed by atoms with Crippen LogP contribution in [0.3, 0.4) is 0 Å². The highest BCUT2D eigenvalue weighted by Gasteiger charge is 2.25. The fraction of sp³-hybridized carbons (Fsp3) is 0.500. The van der Waals surface area contributed by atoms with Crippen molar-refractivity contribution >= 4 is 9.84 Å². The van der Waals surface area contributed by atoms with Gasteiger partial charge in [-0.05, 0) is 93.5 Å². The molecule has 0 aliphatic carbocycles. The van der Waals surface area contributed by atoms with E-state index in [9.17, 15) is 8.42 Å². The third-order valence-electron chi connectivity index (χ3n) is 5.20. The number of sulfone groups is 1. The fourth-order valence-corrected chi connectivity index (χ4v) is 5.19. The first kappa shape index (κ1) is 21.8. The van der Waals surface area contributed by atoms with Crippen molar-refractivity contribution in [3.8, 4) is 16.9 Å². The molecule has 29 heavy (non-hydrogen) atoms. The highest BCUT2D eigenvalue weighted by Crippen LogP contribution is 2.33. The lowest BCUT2D eigenvalue weighted by molar-refractivity contribution is -0.0149. The summed E-state index contributed by atoms with van der Waals surface area (Å²) in [7, 11) is -2.88. The quantitative estimate of drug-likeness (QED) is 0.669. The van der Waals surface area contributed by atoms with E-state index in [-0.39, 0.29) is 23.2 Å². The molecule has 1 aliphatic rings. The molecule has 1 fully saturated rings. The Bertz CT molecular complexity index is 934. The highest BCUT2D eigenvalue weighted by atomic mass is 32.2. The first-order valence-corrected chi connectivity index (χ1v) is 12.1. The molecule has 158 valence electrons. The van der Waals surface area contributed by atoms with Gasteiger partial charge in [-0.3, -0.25) is 0 Å². The Morgan fingerprint density at radius 3 is 2.21 bits per heavy atom. The summed E-state index contributed by atoms with van der Waals surface area (Å²) in [5.41, 5.74) is 5.67. The van der Waals surface area contributed by atoms with Crippen LogP contribution in [0.1, 0.15) is 50.3 Å². The van der Waals surface area contributed by atoms with E-state index in [0.29, 0.717) is 19.4 Å². The minimum absolute atomic E-state index is 0.0268. The molecule has 5 heteroatoms. The molecular formula is C24H32O4S. The SMILES string of the molecule is Cc1cc(OC2CCS(=O)(=O)CC2)cc(C)c1-c1cccc(COC(C)(C)C)c1. The Morgan fingerprint density at radius 1 is 1.00 bits per heavy atom. The number of rotatable bonds is 5. The van der Waals surface area contributed by atoms with Crippen LogP contribution in [0.25, 0.3) is 11.1 Å². The molecule has 0 bridgehead atoms. The van der Waals surface area contributed by atoms with Crippen LogP contribution in [0, 0.1) is 13.8 Å². The van der Waals surface area contributed by atoms with Crippen LogP contribution in [0.15, 0.2) is 36.4 Å². The van der Waals surface area contributed by atoms with Crippen LogP contribution in [-0.2, 0) is 21.2 Å². The van der Waals surface area contributed by atoms with Crippen molar-refractivity contribution in [2.75, 3.05) is 11.5 Å². The topological polar surface area (TPSA) is 52.6 Å². The normalized spacial score (nSPS) is 17.3. The monoisotopic (exact) mass is 416 g/mol. The number of hydrogen-bond donors (Lipinski definition) is 0. The molecule has 4 nitrogen and oxygen atoms in total. The summed E-state index contributed by atoms with van der Waals surface area (Å²) in [5, 5.41) is 0. The summed E-state index contributed by atoms with van der Waals surface area (Å²) in [5.74, 6) is 1.26. The summed E-state index contributed by atoms with van der Waals surface area (Å²) in [6.07, 6.45) is 1.11. The molecule has 0 N–H and O–H groups in total. The second-order valence-corrected chi connectivity index (χ2v) is 11.3. The maximum absolute atomic E-state index is 11.6. The lowest BCUT2D eigenvalue weighted by Crippen LogP contribution is -2.30. The van der Waals surface area contributed by atoms with Crippen molar-refractivity contribution in [2.24, 2.45) is 0 Å². The van der Waals surface area contributed by atoms with Crippen LogP contribution >= 0.6 is 0 Å². The molecule has 1 heterocycles. The van der Waals surface area contributed by atoms with Gasteiger partial charge in [-0.25, -0.2) is 8.42 Å². The van der Waals surface area contributed by atoms with E-state index < -0.39 is 9.84 Å². The summed E-state index contributed by atoms with van der Waals surface area (Å²) in [4.78, 5) is 0. The van der Waals surface area contributed by atoms with Crippen molar-refractivity contribution in [2.45, 2.75) is 65.8 Å². The molecule has 0 aromatic heterocycles. The van der Waals surface area contributed by atoms with E-state index in [1.165, 1.54) is 11.1 Å². The molecule has 0 spiro atoms. The highest BCUT2D eigenvalue weighted by molar-refractivity contribution is 7.91. The average molecular weight is 417 g/mol. The van der Waals surface area contributed by atoms with E-state index >= 15 is 0 Å². The van der Waals surface area contributed by atoms with Crippen molar-refractivity contribution < 1.29 is 17.9 Å². The van der Waals surface area contributed by atoms with Crippen LogP contribution in [-0.4, -0.2) is 31.6 Å². The molecule has 0 unspecified atom stereocenters. The standard InChI is InChI=1S/C24H32O4S/c1-17-13-22(28-21-9-11-29(25,26)12-10-21)14-18(2)23(17)20-8-6-7-19(15-20)16-27-24(3,4)5/h6-8,13-15,21H,9-12,16H2,1-5H3. The van der Waals surface area contributed by atoms with Gasteiger partial charge in [0.05, 0.1) is 23.7 Å². The lowest BCUT2D eigenvalue weighted by Gasteiger charge is -2.24. The third-order valence-corrected chi connectivity index (χ3v) is 6.91. The molecule has 2 aromatic rings. The Hall–Kier alpha value is -1.85. The van der Waals surface area contributed by atoms with Gasteiger partial charge in [0.15, 0.2) is 9.84 Å². The Morgan fingerprint density at radius 2 is 1.62 bits per heavy atom. The second kappa shape index (κ2) is 8.49. The van der Waals surface area contributed by atoms with Gasteiger partial charge in [-0.1, -0.05) is 18.2 Å². The Balaban J connectivity index is 1.78. The zero-order chi connectivity index (χ0) is 21.2. The molecular weight excluding hydrogens is 384 g/mol. The minimum Gasteiger partial charge on any atom is -0.490 e. The first-order valence-electron chi connectivity index (χ1n) is 10.2. The maximum atomic E-state index is 11.6. The summed E-state index contributed by atoms with van der Waals surface area (Å²) >= 11 is 0. The van der Waals surface area contributed by atoms with Crippen molar-refractivity contribution in [3.63, 3.8) is 0 Å². The molecule has 0 amide bonds. The zero-order valence-electron chi connectivity index (χ0n) is 18.1. The number of ether oxygens (including phenoxy) is 2. The average Bonchev–Trinajstić information content (AvgIpc) is 2.61. The predicted octanol–water partition coefficient (Wildman–Crippen LogP) is 5.24. The van der Waals surface area contributed by atoms with Gasteiger partial charge in [0, 0.05) is 0 Å². The lowest BCUT2D eigenvalue weighted by atomic mass is 9.94. The zero-order valence-corrected chi connectivity index (χ0v) is 18.9. The Kier molecular flexibility index (Phi) is 6.39. The van der Waals surface area contributed by atoms with Crippen molar-refractivity contribution in [3.05, 3.63) is 53.1 Å². The number of benzene rings is 2. The fourth-order valence-electron chi connectivity index (χ4n) is 3.74. The number of hydrogen-bond acceptors (Lipinski definition) is 4. The molecule has 0 radical (unpaired) electrons. The van der Waals surface area contributed by atoms with Crippen LogP contribution in [0.5, 0.6) is 5.75 Å². The van der Waals surface area contributed by atoms with Gasteiger partial charge in [-0.2, -0.15) is 0 Å². The van der Waals surface area contributed by atoms with E-state index in [4.69, 9.17) is 9.47 Å². The van der Waals surface area contributed by atoms with Gasteiger partial charge in [0.25, 0.3) is 0 Å². The maximum Gasteiger partial charge on any atom is 0.150 e. The molecule has 3 rings (SSSR count). The molecule has 0 atom stereocenters. The molecule has 0 saturated carbocycles. The molecule has 2 aromatic carbocycles. The first-order chi connectivity index (χ1) is 13.5. The van der Waals surface area contributed by atoms with E-state index in [0.717, 1.165) is 22.4 Å². The predicted molar refractivity (Wildman–Crippen MR) is 118 cm³/mol. The largest absolute Gasteiger partial charge is 0.490 e. The second-order valence-electron chi connectivity index (χ2n) is 9.00. The van der Waals surface area contributed by atoms with Crippen LogP contribution in [0.4, 0.5) is 0 Å². The third kappa shape index (κ3) is 6.06.